The summed E-state index contributed by atoms with van der Waals surface area (Å²) in [4.78, 5) is 16.8. The number of rotatable bonds is 4. The van der Waals surface area contributed by atoms with Gasteiger partial charge >= 0.3 is 0 Å². The lowest BCUT2D eigenvalue weighted by Gasteiger charge is -2.15. The Morgan fingerprint density at radius 2 is 2.22 bits per heavy atom. The van der Waals surface area contributed by atoms with Crippen LogP contribution in [0.15, 0.2) is 30.5 Å². The van der Waals surface area contributed by atoms with Crippen molar-refractivity contribution in [1.29, 1.82) is 0 Å². The molecule has 2 aromatic rings. The van der Waals surface area contributed by atoms with Crippen molar-refractivity contribution in [2.24, 2.45) is 5.73 Å². The highest BCUT2D eigenvalue weighted by molar-refractivity contribution is 5.82. The summed E-state index contributed by atoms with van der Waals surface area (Å²) >= 11 is 0. The molecule has 4 nitrogen and oxygen atoms in total. The van der Waals surface area contributed by atoms with E-state index in [2.05, 4.69) is 4.98 Å². The van der Waals surface area contributed by atoms with E-state index in [1.807, 2.05) is 0 Å². The first-order valence-corrected chi connectivity index (χ1v) is 5.57. The summed E-state index contributed by atoms with van der Waals surface area (Å²) < 4.78 is 13.6. The Bertz CT molecular complexity index is 585. The minimum atomic E-state index is -0.392. The first-order chi connectivity index (χ1) is 8.58. The van der Waals surface area contributed by atoms with Crippen LogP contribution in [0.3, 0.4) is 0 Å². The van der Waals surface area contributed by atoms with Crippen molar-refractivity contribution in [2.75, 3.05) is 13.6 Å². The van der Waals surface area contributed by atoms with Gasteiger partial charge < -0.3 is 5.73 Å². The van der Waals surface area contributed by atoms with E-state index < -0.39 is 5.91 Å². The van der Waals surface area contributed by atoms with Gasteiger partial charge in [-0.25, -0.2) is 4.39 Å². The van der Waals surface area contributed by atoms with Crippen LogP contribution in [0.25, 0.3) is 10.9 Å². The van der Waals surface area contributed by atoms with E-state index in [9.17, 15) is 9.18 Å². The summed E-state index contributed by atoms with van der Waals surface area (Å²) in [5.74, 6) is -0.684. The number of hydrogen-bond donors (Lipinski definition) is 1. The topological polar surface area (TPSA) is 59.2 Å². The molecule has 0 bridgehead atoms. The number of nitrogens with two attached hydrogens (primary N) is 1. The van der Waals surface area contributed by atoms with Crippen LogP contribution in [0.4, 0.5) is 4.39 Å². The maximum Gasteiger partial charge on any atom is 0.231 e. The number of nitrogens with zero attached hydrogens (tertiary/aromatic N) is 2. The predicted molar refractivity (Wildman–Crippen MR) is 67.2 cm³/mol. The molecule has 0 atom stereocenters. The summed E-state index contributed by atoms with van der Waals surface area (Å²) in [6.07, 6.45) is 1.62. The van der Waals surface area contributed by atoms with Crippen molar-refractivity contribution >= 4 is 16.8 Å². The molecule has 0 aliphatic carbocycles. The van der Waals surface area contributed by atoms with Gasteiger partial charge in [0, 0.05) is 18.1 Å². The zero-order valence-corrected chi connectivity index (χ0v) is 10.1. The molecule has 0 aliphatic heterocycles. The molecule has 1 heterocycles. The fourth-order valence-corrected chi connectivity index (χ4v) is 1.94. The highest BCUT2D eigenvalue weighted by atomic mass is 19.1. The zero-order chi connectivity index (χ0) is 13.1. The number of pyridine rings is 1. The molecule has 94 valence electrons. The molecule has 18 heavy (non-hydrogen) atoms. The number of halogens is 1. The molecule has 0 saturated carbocycles. The van der Waals surface area contributed by atoms with Crippen LogP contribution in [0, 0.1) is 5.82 Å². The van der Waals surface area contributed by atoms with E-state index in [0.29, 0.717) is 17.4 Å². The van der Waals surface area contributed by atoms with E-state index in [1.165, 1.54) is 6.07 Å². The highest BCUT2D eigenvalue weighted by Crippen LogP contribution is 2.20. The number of fused-ring (bicyclic) bond motifs is 1. The van der Waals surface area contributed by atoms with Gasteiger partial charge in [0.25, 0.3) is 0 Å². The largest absolute Gasteiger partial charge is 0.369 e. The fourth-order valence-electron chi connectivity index (χ4n) is 1.94. The third kappa shape index (κ3) is 2.62. The van der Waals surface area contributed by atoms with Crippen LogP contribution >= 0.6 is 0 Å². The first-order valence-electron chi connectivity index (χ1n) is 5.57. The Morgan fingerprint density at radius 1 is 1.44 bits per heavy atom. The number of carbonyl (C=O) groups excluding carboxylic acids is 1. The van der Waals surface area contributed by atoms with Crippen molar-refractivity contribution in [1.82, 2.24) is 9.88 Å². The van der Waals surface area contributed by atoms with Crippen LogP contribution < -0.4 is 5.73 Å². The number of benzene rings is 1. The highest BCUT2D eigenvalue weighted by Gasteiger charge is 2.09. The minimum absolute atomic E-state index is 0.158. The molecule has 1 amide bonds. The molecule has 2 N–H and O–H groups in total. The minimum Gasteiger partial charge on any atom is -0.369 e. The van der Waals surface area contributed by atoms with Gasteiger partial charge in [0.15, 0.2) is 0 Å². The molecule has 0 fully saturated rings. The van der Waals surface area contributed by atoms with E-state index in [4.69, 9.17) is 5.73 Å². The number of likely N-dealkylation sites (N-methyl/N-ethyl adjacent to an activating group) is 1. The molecule has 0 aliphatic rings. The van der Waals surface area contributed by atoms with Gasteiger partial charge in [-0.1, -0.05) is 6.07 Å². The number of amides is 1. The van der Waals surface area contributed by atoms with Gasteiger partial charge in [0.05, 0.1) is 12.1 Å². The molecule has 1 aromatic carbocycles. The Morgan fingerprint density at radius 3 is 2.94 bits per heavy atom. The number of aromatic nitrogens is 1. The maximum atomic E-state index is 13.6. The summed E-state index contributed by atoms with van der Waals surface area (Å²) in [6, 6.07) is 6.48. The standard InChI is InChI=1S/C13H14FN3O/c1-17(8-12(15)18)7-9-4-5-11(14)10-3-2-6-16-13(9)10/h2-6H,7-8H2,1H3,(H2,15,18). The SMILES string of the molecule is CN(CC(N)=O)Cc1ccc(F)c2cccnc12. The predicted octanol–water partition coefficient (Wildman–Crippen LogP) is 1.29. The summed E-state index contributed by atoms with van der Waals surface area (Å²) in [5.41, 5.74) is 6.62. The molecule has 0 radical (unpaired) electrons. The van der Waals surface area contributed by atoms with Crippen LogP contribution in [0.2, 0.25) is 0 Å². The van der Waals surface area contributed by atoms with Crippen molar-refractivity contribution in [2.45, 2.75) is 6.54 Å². The molecule has 5 heteroatoms. The Kier molecular flexibility index (Phi) is 3.53. The van der Waals surface area contributed by atoms with Crippen molar-refractivity contribution < 1.29 is 9.18 Å². The van der Waals surface area contributed by atoms with Gasteiger partial charge in [-0.3, -0.25) is 14.7 Å². The first kappa shape index (κ1) is 12.4. The van der Waals surface area contributed by atoms with E-state index in [0.717, 1.165) is 5.56 Å². The number of hydrogen-bond acceptors (Lipinski definition) is 3. The lowest BCUT2D eigenvalue weighted by molar-refractivity contribution is -0.118. The summed E-state index contributed by atoms with van der Waals surface area (Å²) in [6.45, 7) is 0.655. The molecular formula is C13H14FN3O. The van der Waals surface area contributed by atoms with Crippen LogP contribution in [0.1, 0.15) is 5.56 Å². The monoisotopic (exact) mass is 247 g/mol. The summed E-state index contributed by atoms with van der Waals surface area (Å²) in [7, 11) is 1.78. The Hall–Kier alpha value is -2.01. The molecule has 0 saturated heterocycles. The smallest absolute Gasteiger partial charge is 0.231 e. The lowest BCUT2D eigenvalue weighted by Crippen LogP contribution is -2.30. The Balaban J connectivity index is 2.34. The molecular weight excluding hydrogens is 233 g/mol. The van der Waals surface area contributed by atoms with E-state index in [-0.39, 0.29) is 12.4 Å². The van der Waals surface area contributed by atoms with Crippen molar-refractivity contribution in [3.63, 3.8) is 0 Å². The van der Waals surface area contributed by atoms with Crippen LogP contribution in [-0.2, 0) is 11.3 Å². The number of primary amides is 1. The van der Waals surface area contributed by atoms with E-state index in [1.54, 1.807) is 36.3 Å². The average molecular weight is 247 g/mol. The normalized spacial score (nSPS) is 11.1. The fraction of sp³-hybridized carbons (Fsp3) is 0.231. The van der Waals surface area contributed by atoms with Gasteiger partial charge in [0.1, 0.15) is 5.82 Å². The quantitative estimate of drug-likeness (QED) is 0.885. The van der Waals surface area contributed by atoms with E-state index >= 15 is 0 Å². The van der Waals surface area contributed by atoms with Gasteiger partial charge in [-0.15, -0.1) is 0 Å². The van der Waals surface area contributed by atoms with Gasteiger partial charge in [0.2, 0.25) is 5.91 Å². The van der Waals surface area contributed by atoms with Gasteiger partial charge in [-0.05, 0) is 30.8 Å². The third-order valence-electron chi connectivity index (χ3n) is 2.67. The van der Waals surface area contributed by atoms with Crippen molar-refractivity contribution in [3.05, 3.63) is 41.8 Å². The molecule has 0 spiro atoms. The number of carbonyl (C=O) groups is 1. The third-order valence-corrected chi connectivity index (χ3v) is 2.67. The average Bonchev–Trinajstić information content (AvgIpc) is 2.32. The summed E-state index contributed by atoms with van der Waals surface area (Å²) in [5, 5.41) is 0.488. The van der Waals surface area contributed by atoms with Gasteiger partial charge in [-0.2, -0.15) is 0 Å². The molecule has 0 unspecified atom stereocenters. The molecule has 1 aromatic heterocycles. The Labute approximate surface area is 104 Å². The second-order valence-electron chi connectivity index (χ2n) is 4.24. The van der Waals surface area contributed by atoms with Crippen molar-refractivity contribution in [3.8, 4) is 0 Å². The zero-order valence-electron chi connectivity index (χ0n) is 10.1. The lowest BCUT2D eigenvalue weighted by atomic mass is 10.1. The molecule has 2 rings (SSSR count). The second-order valence-corrected chi connectivity index (χ2v) is 4.24. The second kappa shape index (κ2) is 5.10. The maximum absolute atomic E-state index is 13.6. The van der Waals surface area contributed by atoms with Crippen LogP contribution in [0.5, 0.6) is 0 Å². The van der Waals surface area contributed by atoms with Crippen LogP contribution in [-0.4, -0.2) is 29.4 Å².